The summed E-state index contributed by atoms with van der Waals surface area (Å²) in [7, 11) is 0. The van der Waals surface area contributed by atoms with E-state index in [0.717, 1.165) is 35.9 Å². The number of hydrogen-bond acceptors (Lipinski definition) is 2. The van der Waals surface area contributed by atoms with Crippen LogP contribution in [-0.4, -0.2) is 0 Å². The van der Waals surface area contributed by atoms with Crippen molar-refractivity contribution in [1.82, 2.24) is 0 Å². The summed E-state index contributed by atoms with van der Waals surface area (Å²) in [6, 6.07) is 2.28. The first-order valence-corrected chi connectivity index (χ1v) is 8.10. The Hall–Kier alpha value is -0.760. The van der Waals surface area contributed by atoms with Crippen LogP contribution in [0.25, 0.3) is 0 Å². The second kappa shape index (κ2) is 4.37. The van der Waals surface area contributed by atoms with Gasteiger partial charge in [0.1, 0.15) is 11.5 Å². The Morgan fingerprint density at radius 3 is 2.21 bits per heavy atom. The first-order chi connectivity index (χ1) is 9.28. The van der Waals surface area contributed by atoms with E-state index in [1.54, 1.807) is 0 Å². The maximum atomic E-state index is 6.20. The molecule has 0 amide bonds. The van der Waals surface area contributed by atoms with Crippen molar-refractivity contribution < 1.29 is 4.42 Å². The average Bonchev–Trinajstić information content (AvgIpc) is 2.80. The number of rotatable bonds is 3. The minimum atomic E-state index is 0.625. The Bertz CT molecular complexity index is 426. The molecule has 4 aliphatic carbocycles. The van der Waals surface area contributed by atoms with Crippen LogP contribution in [0.3, 0.4) is 0 Å². The van der Waals surface area contributed by atoms with Crippen LogP contribution < -0.4 is 5.73 Å². The Labute approximate surface area is 115 Å². The van der Waals surface area contributed by atoms with Crippen molar-refractivity contribution in [3.63, 3.8) is 0 Å². The molecule has 0 aliphatic heterocycles. The third-order valence-electron chi connectivity index (χ3n) is 6.01. The van der Waals surface area contributed by atoms with Crippen LogP contribution in [0, 0.1) is 23.7 Å². The Morgan fingerprint density at radius 1 is 1.11 bits per heavy atom. The van der Waals surface area contributed by atoms with E-state index < -0.39 is 0 Å². The van der Waals surface area contributed by atoms with E-state index in [9.17, 15) is 0 Å². The van der Waals surface area contributed by atoms with E-state index in [0.29, 0.717) is 12.5 Å². The van der Waals surface area contributed by atoms with Gasteiger partial charge in [0.15, 0.2) is 0 Å². The first-order valence-electron chi connectivity index (χ1n) is 8.10. The second-order valence-electron chi connectivity index (χ2n) is 7.11. The molecule has 1 heterocycles. The van der Waals surface area contributed by atoms with Gasteiger partial charge in [-0.2, -0.15) is 0 Å². The van der Waals surface area contributed by atoms with E-state index in [2.05, 4.69) is 13.0 Å². The lowest BCUT2D eigenvalue weighted by Crippen LogP contribution is -2.43. The Balaban J connectivity index is 1.67. The van der Waals surface area contributed by atoms with Crippen LogP contribution >= 0.6 is 0 Å². The van der Waals surface area contributed by atoms with Gasteiger partial charge in [0.25, 0.3) is 0 Å². The van der Waals surface area contributed by atoms with Crippen LogP contribution in [0.2, 0.25) is 0 Å². The van der Waals surface area contributed by atoms with Crippen LogP contribution in [0.4, 0.5) is 0 Å². The van der Waals surface area contributed by atoms with Crippen molar-refractivity contribution in [2.24, 2.45) is 29.4 Å². The van der Waals surface area contributed by atoms with Crippen molar-refractivity contribution in [2.45, 2.75) is 57.9 Å². The molecule has 1 aromatic rings. The van der Waals surface area contributed by atoms with Crippen molar-refractivity contribution in [2.75, 3.05) is 0 Å². The van der Waals surface area contributed by atoms with Gasteiger partial charge in [0, 0.05) is 24.4 Å². The molecule has 0 saturated heterocycles. The summed E-state index contributed by atoms with van der Waals surface area (Å²) in [6.45, 7) is 2.79. The molecule has 4 saturated carbocycles. The molecular weight excluding hydrogens is 234 g/mol. The molecule has 4 fully saturated rings. The molecule has 0 aromatic carbocycles. The summed E-state index contributed by atoms with van der Waals surface area (Å²) in [5, 5.41) is 0. The Morgan fingerprint density at radius 2 is 1.74 bits per heavy atom. The summed E-state index contributed by atoms with van der Waals surface area (Å²) < 4.78 is 6.20. The lowest BCUT2D eigenvalue weighted by molar-refractivity contribution is -0.00989. The molecule has 1 aromatic heterocycles. The van der Waals surface area contributed by atoms with E-state index in [4.69, 9.17) is 10.2 Å². The summed E-state index contributed by atoms with van der Waals surface area (Å²) >= 11 is 0. The number of aryl methyl sites for hydroxylation is 1. The topological polar surface area (TPSA) is 39.2 Å². The van der Waals surface area contributed by atoms with E-state index in [-0.39, 0.29) is 0 Å². The summed E-state index contributed by atoms with van der Waals surface area (Å²) in [5.74, 6) is 6.98. The fraction of sp³-hybridized carbons (Fsp3) is 0.765. The van der Waals surface area contributed by atoms with Gasteiger partial charge in [0.05, 0.1) is 0 Å². The summed E-state index contributed by atoms with van der Waals surface area (Å²) in [6.07, 6.45) is 8.32. The standard InChI is InChI=1S/C17H25NO/c1-2-15-14(9-18)8-16(19-15)17-12-4-10-3-11(6-12)7-13(17)5-10/h8,10-13,17H,2-7,9,18H2,1H3. The second-order valence-corrected chi connectivity index (χ2v) is 7.11. The normalized spacial score (nSPS) is 40.0. The predicted octanol–water partition coefficient (Wildman–Crippen LogP) is 3.84. The molecule has 5 rings (SSSR count). The quantitative estimate of drug-likeness (QED) is 0.895. The number of furan rings is 1. The highest BCUT2D eigenvalue weighted by Crippen LogP contribution is 2.60. The zero-order chi connectivity index (χ0) is 13.0. The monoisotopic (exact) mass is 259 g/mol. The molecule has 0 unspecified atom stereocenters. The molecule has 0 radical (unpaired) electrons. The maximum Gasteiger partial charge on any atom is 0.108 e. The van der Waals surface area contributed by atoms with Crippen LogP contribution in [-0.2, 0) is 13.0 Å². The Kier molecular flexibility index (Phi) is 2.77. The van der Waals surface area contributed by atoms with Crippen molar-refractivity contribution in [1.29, 1.82) is 0 Å². The minimum absolute atomic E-state index is 0.625. The first kappa shape index (κ1) is 12.0. The van der Waals surface area contributed by atoms with Gasteiger partial charge in [0.2, 0.25) is 0 Å². The van der Waals surface area contributed by atoms with Gasteiger partial charge in [-0.25, -0.2) is 0 Å². The third kappa shape index (κ3) is 1.79. The predicted molar refractivity (Wildman–Crippen MR) is 75.8 cm³/mol. The van der Waals surface area contributed by atoms with Crippen LogP contribution in [0.5, 0.6) is 0 Å². The van der Waals surface area contributed by atoms with Gasteiger partial charge in [-0.05, 0) is 61.8 Å². The molecule has 0 atom stereocenters. The molecule has 2 nitrogen and oxygen atoms in total. The molecule has 104 valence electrons. The van der Waals surface area contributed by atoms with E-state index in [1.165, 1.54) is 43.4 Å². The van der Waals surface area contributed by atoms with Gasteiger partial charge in [-0.1, -0.05) is 6.92 Å². The fourth-order valence-corrected chi connectivity index (χ4v) is 5.52. The van der Waals surface area contributed by atoms with Gasteiger partial charge < -0.3 is 10.2 Å². The summed E-state index contributed by atoms with van der Waals surface area (Å²) in [5.41, 5.74) is 7.10. The van der Waals surface area contributed by atoms with E-state index in [1.807, 2.05) is 0 Å². The highest BCUT2D eigenvalue weighted by atomic mass is 16.3. The average molecular weight is 259 g/mol. The molecule has 2 N–H and O–H groups in total. The lowest BCUT2D eigenvalue weighted by Gasteiger charge is -2.53. The van der Waals surface area contributed by atoms with Gasteiger partial charge in [-0.3, -0.25) is 0 Å². The zero-order valence-corrected chi connectivity index (χ0v) is 11.9. The molecule has 2 heteroatoms. The molecular formula is C17H25NO. The van der Waals surface area contributed by atoms with Crippen LogP contribution in [0.15, 0.2) is 10.5 Å². The molecule has 4 bridgehead atoms. The smallest absolute Gasteiger partial charge is 0.108 e. The highest BCUT2D eigenvalue weighted by molar-refractivity contribution is 5.26. The third-order valence-corrected chi connectivity index (χ3v) is 6.01. The zero-order valence-electron chi connectivity index (χ0n) is 11.9. The van der Waals surface area contributed by atoms with E-state index >= 15 is 0 Å². The van der Waals surface area contributed by atoms with Crippen LogP contribution in [0.1, 0.15) is 62.0 Å². The van der Waals surface area contributed by atoms with Crippen molar-refractivity contribution in [3.05, 3.63) is 23.2 Å². The highest BCUT2D eigenvalue weighted by Gasteiger charge is 2.49. The van der Waals surface area contributed by atoms with Crippen molar-refractivity contribution in [3.8, 4) is 0 Å². The number of hydrogen-bond donors (Lipinski definition) is 1. The fourth-order valence-electron chi connectivity index (χ4n) is 5.52. The summed E-state index contributed by atoms with van der Waals surface area (Å²) in [4.78, 5) is 0. The lowest BCUT2D eigenvalue weighted by atomic mass is 9.51. The molecule has 0 spiro atoms. The maximum absolute atomic E-state index is 6.20. The van der Waals surface area contributed by atoms with Gasteiger partial charge >= 0.3 is 0 Å². The van der Waals surface area contributed by atoms with Crippen molar-refractivity contribution >= 4 is 0 Å². The largest absolute Gasteiger partial charge is 0.465 e. The SMILES string of the molecule is CCc1oc(C2C3CC4CC(C3)CC2C4)cc1CN. The minimum Gasteiger partial charge on any atom is -0.465 e. The molecule has 4 aliphatic rings. The molecule has 19 heavy (non-hydrogen) atoms. The van der Waals surface area contributed by atoms with Gasteiger partial charge in [-0.15, -0.1) is 0 Å². The number of nitrogens with two attached hydrogens (primary N) is 1.